The van der Waals surface area contributed by atoms with Crippen LogP contribution in [0.15, 0.2) is 104 Å². The number of rotatable bonds is 10. The molecule has 206 valence electrons. The summed E-state index contributed by atoms with van der Waals surface area (Å²) in [5.74, 6) is -3.11. The van der Waals surface area contributed by atoms with Gasteiger partial charge in [0.05, 0.1) is 11.1 Å². The predicted octanol–water partition coefficient (Wildman–Crippen LogP) is 5.57. The summed E-state index contributed by atoms with van der Waals surface area (Å²) in [4.78, 5) is 47.4. The lowest BCUT2D eigenvalue weighted by Gasteiger charge is -2.09. The van der Waals surface area contributed by atoms with Crippen LogP contribution in [0.5, 0.6) is 23.0 Å². The summed E-state index contributed by atoms with van der Waals surface area (Å²) in [7, 11) is 0. The van der Waals surface area contributed by atoms with E-state index < -0.39 is 29.7 Å². The second-order valence-electron chi connectivity index (χ2n) is 8.17. The average molecular weight is 556 g/mol. The molecule has 4 aromatic rings. The third-order valence-electron chi connectivity index (χ3n) is 5.43. The summed E-state index contributed by atoms with van der Waals surface area (Å²) in [5.41, 5.74) is -0.0802. The molecule has 0 aromatic heterocycles. The number of hydrogen-bond acceptors (Lipinski definition) is 9. The largest absolute Gasteiger partial charge is 0.457 e. The molecule has 0 aliphatic heterocycles. The van der Waals surface area contributed by atoms with Gasteiger partial charge < -0.3 is 23.7 Å². The van der Waals surface area contributed by atoms with Gasteiger partial charge in [-0.15, -0.1) is 0 Å². The summed E-state index contributed by atoms with van der Waals surface area (Å²) in [6, 6.07) is 19.0. The van der Waals surface area contributed by atoms with Gasteiger partial charge in [0.1, 0.15) is 28.8 Å². The molecular formula is C31H21FO9. The Morgan fingerprint density at radius 1 is 0.634 bits per heavy atom. The van der Waals surface area contributed by atoms with E-state index in [-0.39, 0.29) is 35.2 Å². The zero-order valence-corrected chi connectivity index (χ0v) is 21.3. The summed E-state index contributed by atoms with van der Waals surface area (Å²) >= 11 is 0. The number of ether oxygens (including phenoxy) is 5. The van der Waals surface area contributed by atoms with E-state index in [9.17, 15) is 23.6 Å². The molecule has 0 radical (unpaired) electrons. The number of hydrogen-bond donors (Lipinski definition) is 0. The molecule has 9 nitrogen and oxygen atoms in total. The Kier molecular flexibility index (Phi) is 8.85. The smallest absolute Gasteiger partial charge is 0.346 e. The molecule has 4 rings (SSSR count). The first-order valence-electron chi connectivity index (χ1n) is 11.9. The van der Waals surface area contributed by atoms with Crippen molar-refractivity contribution in [1.82, 2.24) is 0 Å². The van der Waals surface area contributed by atoms with Crippen molar-refractivity contribution in [2.24, 2.45) is 0 Å². The molecule has 0 N–H and O–H groups in total. The summed E-state index contributed by atoms with van der Waals surface area (Å²) in [5, 5.41) is 1.35. The molecule has 0 amide bonds. The predicted molar refractivity (Wildman–Crippen MR) is 144 cm³/mol. The number of benzene rings is 4. The van der Waals surface area contributed by atoms with Crippen molar-refractivity contribution < 1.29 is 47.3 Å². The molecule has 0 aliphatic carbocycles. The zero-order chi connectivity index (χ0) is 29.4. The minimum atomic E-state index is -0.941. The highest BCUT2D eigenvalue weighted by Crippen LogP contribution is 2.27. The van der Waals surface area contributed by atoms with Crippen LogP contribution in [0.25, 0.3) is 10.8 Å². The summed E-state index contributed by atoms with van der Waals surface area (Å²) in [6.07, 6.45) is 1.94. The molecular weight excluding hydrogens is 535 g/mol. The minimum Gasteiger partial charge on any atom is -0.457 e. The molecule has 41 heavy (non-hydrogen) atoms. The lowest BCUT2D eigenvalue weighted by atomic mass is 10.1. The number of fused-ring (bicyclic) bond motifs is 1. The Morgan fingerprint density at radius 2 is 1.17 bits per heavy atom. The third kappa shape index (κ3) is 7.42. The Balaban J connectivity index is 1.38. The molecule has 0 spiro atoms. The highest BCUT2D eigenvalue weighted by Gasteiger charge is 2.16. The normalized spacial score (nSPS) is 10.3. The molecule has 0 bridgehead atoms. The van der Waals surface area contributed by atoms with Crippen LogP contribution in [0.3, 0.4) is 0 Å². The van der Waals surface area contributed by atoms with E-state index in [0.29, 0.717) is 16.5 Å². The first-order valence-corrected chi connectivity index (χ1v) is 11.9. The van der Waals surface area contributed by atoms with Gasteiger partial charge in [0.25, 0.3) is 0 Å². The fourth-order valence-electron chi connectivity index (χ4n) is 3.44. The van der Waals surface area contributed by atoms with Gasteiger partial charge in [-0.05, 0) is 71.4 Å². The third-order valence-corrected chi connectivity index (χ3v) is 5.43. The first kappa shape index (κ1) is 28.2. The number of carbonyl (C=O) groups is 4. The SMILES string of the molecule is C=CC(=O)OCOc1ccc(C(=O)Oc2ccc3cc(OC(=O)c4ccc(OC(=O)C=C)cc4F)ccc3c2)cc1. The molecule has 0 aliphatic rings. The standard InChI is InChI=1S/C31H21FO9/c1-3-28(33)38-18-37-22-9-5-19(6-10-22)30(35)40-23-11-7-21-16-24(12-8-20(21)15-23)41-31(36)26-14-13-25(17-27(26)32)39-29(34)4-2/h3-17H,1-2,18H2. The number of carbonyl (C=O) groups excluding carboxylic acids is 4. The maximum absolute atomic E-state index is 14.4. The van der Waals surface area contributed by atoms with Gasteiger partial charge in [0, 0.05) is 18.2 Å². The Labute approximate surface area is 233 Å². The van der Waals surface area contributed by atoms with Gasteiger partial charge in [-0.1, -0.05) is 25.3 Å². The second-order valence-corrected chi connectivity index (χ2v) is 8.17. The molecule has 0 saturated carbocycles. The fraction of sp³-hybridized carbons (Fsp3) is 0.0323. The summed E-state index contributed by atoms with van der Waals surface area (Å²) in [6.45, 7) is 6.24. The molecule has 0 heterocycles. The van der Waals surface area contributed by atoms with Gasteiger partial charge in [0.2, 0.25) is 6.79 Å². The molecule has 10 heteroatoms. The molecule has 4 aromatic carbocycles. The van der Waals surface area contributed by atoms with Crippen molar-refractivity contribution in [3.63, 3.8) is 0 Å². The van der Waals surface area contributed by atoms with Crippen molar-refractivity contribution in [3.05, 3.63) is 121 Å². The van der Waals surface area contributed by atoms with Crippen molar-refractivity contribution in [1.29, 1.82) is 0 Å². The Bertz CT molecular complexity index is 1660. The van der Waals surface area contributed by atoms with E-state index >= 15 is 0 Å². The molecule has 0 fully saturated rings. The van der Waals surface area contributed by atoms with Crippen LogP contribution in [0.2, 0.25) is 0 Å². The van der Waals surface area contributed by atoms with Crippen molar-refractivity contribution in [2.75, 3.05) is 6.79 Å². The Morgan fingerprint density at radius 3 is 1.76 bits per heavy atom. The van der Waals surface area contributed by atoms with Crippen LogP contribution in [0.4, 0.5) is 4.39 Å². The van der Waals surface area contributed by atoms with Crippen LogP contribution in [-0.2, 0) is 14.3 Å². The van der Waals surface area contributed by atoms with Gasteiger partial charge in [-0.2, -0.15) is 0 Å². The maximum Gasteiger partial charge on any atom is 0.346 e. The highest BCUT2D eigenvalue weighted by molar-refractivity contribution is 5.94. The topological polar surface area (TPSA) is 114 Å². The van der Waals surface area contributed by atoms with Crippen LogP contribution < -0.4 is 18.9 Å². The van der Waals surface area contributed by atoms with Crippen molar-refractivity contribution >= 4 is 34.6 Å². The molecule has 0 atom stereocenters. The average Bonchev–Trinajstić information content (AvgIpc) is 2.97. The van der Waals surface area contributed by atoms with Gasteiger partial charge >= 0.3 is 23.9 Å². The lowest BCUT2D eigenvalue weighted by molar-refractivity contribution is -0.144. The van der Waals surface area contributed by atoms with E-state index in [1.165, 1.54) is 36.4 Å². The summed E-state index contributed by atoms with van der Waals surface area (Å²) < 4.78 is 40.0. The van der Waals surface area contributed by atoms with Gasteiger partial charge in [-0.3, -0.25) is 0 Å². The van der Waals surface area contributed by atoms with Crippen LogP contribution >= 0.6 is 0 Å². The number of halogens is 1. The second kappa shape index (κ2) is 12.9. The van der Waals surface area contributed by atoms with Gasteiger partial charge in [-0.25, -0.2) is 23.6 Å². The van der Waals surface area contributed by atoms with E-state index in [4.69, 9.17) is 23.7 Å². The van der Waals surface area contributed by atoms with Crippen molar-refractivity contribution in [3.8, 4) is 23.0 Å². The van der Waals surface area contributed by atoms with E-state index in [1.807, 2.05) is 0 Å². The minimum absolute atomic E-state index is 0.0825. The van der Waals surface area contributed by atoms with Crippen LogP contribution in [0, 0.1) is 5.82 Å². The fourth-order valence-corrected chi connectivity index (χ4v) is 3.44. The van der Waals surface area contributed by atoms with Crippen molar-refractivity contribution in [2.45, 2.75) is 0 Å². The number of esters is 4. The van der Waals surface area contributed by atoms with E-state index in [2.05, 4.69) is 13.2 Å². The van der Waals surface area contributed by atoms with E-state index in [1.54, 1.807) is 30.3 Å². The zero-order valence-electron chi connectivity index (χ0n) is 21.3. The lowest BCUT2D eigenvalue weighted by Crippen LogP contribution is -2.11. The first-order chi connectivity index (χ1) is 19.7. The van der Waals surface area contributed by atoms with Crippen LogP contribution in [0.1, 0.15) is 20.7 Å². The van der Waals surface area contributed by atoms with Gasteiger partial charge in [0.15, 0.2) is 0 Å². The highest BCUT2D eigenvalue weighted by atomic mass is 19.1. The molecule has 0 saturated heterocycles. The quantitative estimate of drug-likeness (QED) is 0.107. The Hall–Kier alpha value is -5.77. The molecule has 0 unspecified atom stereocenters. The van der Waals surface area contributed by atoms with Crippen LogP contribution in [-0.4, -0.2) is 30.7 Å². The maximum atomic E-state index is 14.4. The monoisotopic (exact) mass is 556 g/mol. The van der Waals surface area contributed by atoms with E-state index in [0.717, 1.165) is 24.3 Å².